The van der Waals surface area contributed by atoms with Gasteiger partial charge in [0.05, 0.1) is 17.8 Å². The molecule has 1 saturated heterocycles. The number of hydrogen-bond donors (Lipinski definition) is 2. The van der Waals surface area contributed by atoms with E-state index < -0.39 is 17.5 Å². The second kappa shape index (κ2) is 7.45. The van der Waals surface area contributed by atoms with Crippen molar-refractivity contribution >= 4 is 23.5 Å². The number of rotatable bonds is 4. The lowest BCUT2D eigenvalue weighted by Crippen LogP contribution is -2.32. The molecule has 1 aliphatic heterocycles. The fraction of sp³-hybridized carbons (Fsp3) is 0.316. The van der Waals surface area contributed by atoms with Crippen LogP contribution >= 0.6 is 11.8 Å². The summed E-state index contributed by atoms with van der Waals surface area (Å²) in [4.78, 5) is 12.7. The molecule has 2 aromatic carbocycles. The van der Waals surface area contributed by atoms with Crippen molar-refractivity contribution in [2.24, 2.45) is 0 Å². The molecule has 0 bridgehead atoms. The second-order valence-electron chi connectivity index (χ2n) is 6.16. The zero-order valence-corrected chi connectivity index (χ0v) is 14.5. The van der Waals surface area contributed by atoms with E-state index in [1.165, 1.54) is 12.1 Å². The van der Waals surface area contributed by atoms with Crippen molar-refractivity contribution in [3.05, 3.63) is 65.5 Å². The molecule has 0 unspecified atom stereocenters. The average Bonchev–Trinajstić information content (AvgIpc) is 2.60. The summed E-state index contributed by atoms with van der Waals surface area (Å²) in [5.41, 5.74) is 0.159. The second-order valence-corrected chi connectivity index (χ2v) is 7.39. The van der Waals surface area contributed by atoms with Gasteiger partial charge in [0.15, 0.2) is 0 Å². The number of nitrogens with zero attached hydrogens (tertiary/aromatic N) is 1. The Kier molecular flexibility index (Phi) is 5.30. The molecule has 4 nitrogen and oxygen atoms in total. The fourth-order valence-corrected chi connectivity index (χ4v) is 4.23. The Morgan fingerprint density at radius 2 is 1.84 bits per heavy atom. The number of benzene rings is 2. The van der Waals surface area contributed by atoms with Crippen molar-refractivity contribution in [2.45, 2.75) is 25.0 Å². The summed E-state index contributed by atoms with van der Waals surface area (Å²) in [5, 5.41) is 20.2. The van der Waals surface area contributed by atoms with E-state index in [1.54, 1.807) is 17.8 Å². The van der Waals surface area contributed by atoms with Gasteiger partial charge < -0.3 is 10.2 Å². The molecule has 2 aromatic rings. The summed E-state index contributed by atoms with van der Waals surface area (Å²) in [7, 11) is 0. The topological polar surface area (TPSA) is 60.8 Å². The number of halogens is 1. The van der Waals surface area contributed by atoms with Crippen molar-refractivity contribution in [1.29, 1.82) is 0 Å². The van der Waals surface area contributed by atoms with Gasteiger partial charge in [0, 0.05) is 5.56 Å². The van der Waals surface area contributed by atoms with Crippen molar-refractivity contribution in [3.8, 4) is 0 Å². The van der Waals surface area contributed by atoms with E-state index in [9.17, 15) is 19.4 Å². The van der Waals surface area contributed by atoms with E-state index in [0.29, 0.717) is 12.8 Å². The first-order valence-corrected chi connectivity index (χ1v) is 9.30. The van der Waals surface area contributed by atoms with Crippen LogP contribution in [0.2, 0.25) is 0 Å². The van der Waals surface area contributed by atoms with Crippen LogP contribution in [-0.2, 0) is 12.1 Å². The van der Waals surface area contributed by atoms with Gasteiger partial charge in [-0.1, -0.05) is 36.4 Å². The molecule has 2 N–H and O–H groups in total. The first-order chi connectivity index (χ1) is 12.0. The molecule has 0 saturated carbocycles. The Bertz CT molecular complexity index is 748. The van der Waals surface area contributed by atoms with Crippen LogP contribution in [0.3, 0.4) is 0 Å². The molecule has 0 aliphatic carbocycles. The molecule has 0 atom stereocenters. The number of carbonyl (C=O) groups is 1. The zero-order valence-electron chi connectivity index (χ0n) is 13.7. The van der Waals surface area contributed by atoms with E-state index in [4.69, 9.17) is 0 Å². The van der Waals surface area contributed by atoms with Gasteiger partial charge in [-0.25, -0.2) is 9.18 Å². The lowest BCUT2D eigenvalue weighted by molar-refractivity contribution is 0.0246. The number of amides is 1. The van der Waals surface area contributed by atoms with Gasteiger partial charge in [-0.05, 0) is 42.0 Å². The molecular weight excluding hydrogens is 341 g/mol. The highest BCUT2D eigenvalue weighted by Gasteiger charge is 2.34. The van der Waals surface area contributed by atoms with E-state index in [2.05, 4.69) is 0 Å². The number of aliphatic hydroxyl groups is 1. The summed E-state index contributed by atoms with van der Waals surface area (Å²) >= 11 is 1.74. The quantitative estimate of drug-likeness (QED) is 0.856. The molecule has 0 aromatic heterocycles. The molecule has 0 spiro atoms. The molecule has 1 heterocycles. The highest BCUT2D eigenvalue weighted by atomic mass is 32.2. The Morgan fingerprint density at radius 3 is 2.44 bits per heavy atom. The first kappa shape index (κ1) is 17.8. The van der Waals surface area contributed by atoms with Gasteiger partial charge in [-0.15, -0.1) is 0 Å². The minimum Gasteiger partial charge on any atom is -0.465 e. The maximum absolute atomic E-state index is 14.7. The van der Waals surface area contributed by atoms with Crippen LogP contribution in [0, 0.1) is 5.82 Å². The minimum absolute atomic E-state index is 0.135. The smallest absolute Gasteiger partial charge is 0.412 e. The van der Waals surface area contributed by atoms with Gasteiger partial charge >= 0.3 is 6.09 Å². The third kappa shape index (κ3) is 3.96. The lowest BCUT2D eigenvalue weighted by atomic mass is 9.87. The standard InChI is InChI=1S/C19H20FNO3S/c20-17-12-15(6-7-16(17)19(24)8-10-25-11-9-19)21(18(22)23)13-14-4-2-1-3-5-14/h1-7,12,24H,8-11,13H2,(H,22,23). The Morgan fingerprint density at radius 1 is 1.16 bits per heavy atom. The van der Waals surface area contributed by atoms with Crippen LogP contribution in [0.1, 0.15) is 24.0 Å². The van der Waals surface area contributed by atoms with Gasteiger partial charge in [-0.2, -0.15) is 11.8 Å². The van der Waals surface area contributed by atoms with Crippen LogP contribution in [0.4, 0.5) is 14.9 Å². The van der Waals surface area contributed by atoms with Gasteiger partial charge in [0.25, 0.3) is 0 Å². The number of hydrogen-bond acceptors (Lipinski definition) is 3. The maximum atomic E-state index is 14.7. The van der Waals surface area contributed by atoms with Crippen molar-refractivity contribution < 1.29 is 19.4 Å². The van der Waals surface area contributed by atoms with E-state index >= 15 is 0 Å². The van der Waals surface area contributed by atoms with Crippen LogP contribution in [0.25, 0.3) is 0 Å². The first-order valence-electron chi connectivity index (χ1n) is 8.14. The lowest BCUT2D eigenvalue weighted by Gasteiger charge is -2.33. The van der Waals surface area contributed by atoms with E-state index in [1.807, 2.05) is 30.3 Å². The third-order valence-corrected chi connectivity index (χ3v) is 5.49. The summed E-state index contributed by atoms with van der Waals surface area (Å²) in [6, 6.07) is 13.4. The van der Waals surface area contributed by atoms with Gasteiger partial charge in [0.2, 0.25) is 0 Å². The number of anilines is 1. The Hall–Kier alpha value is -2.05. The van der Waals surface area contributed by atoms with Crippen molar-refractivity contribution in [3.63, 3.8) is 0 Å². The van der Waals surface area contributed by atoms with E-state index in [-0.39, 0.29) is 17.8 Å². The molecule has 0 radical (unpaired) electrons. The zero-order chi connectivity index (χ0) is 17.9. The predicted molar refractivity (Wildman–Crippen MR) is 97.5 cm³/mol. The summed E-state index contributed by atoms with van der Waals surface area (Å²) in [6.45, 7) is 0.135. The molecule has 1 fully saturated rings. The van der Waals surface area contributed by atoms with E-state index in [0.717, 1.165) is 22.0 Å². The number of carboxylic acid groups (broad SMARTS) is 1. The average molecular weight is 361 g/mol. The van der Waals surface area contributed by atoms with Crippen molar-refractivity contribution in [1.82, 2.24) is 0 Å². The molecule has 6 heteroatoms. The minimum atomic E-state index is -1.17. The van der Waals surface area contributed by atoms with Crippen LogP contribution in [-0.4, -0.2) is 27.8 Å². The largest absolute Gasteiger partial charge is 0.465 e. The van der Waals surface area contributed by atoms with Crippen LogP contribution < -0.4 is 4.90 Å². The summed E-state index contributed by atoms with van der Waals surface area (Å²) in [6.07, 6.45) is -0.148. The Labute approximate surface area is 150 Å². The normalized spacial score (nSPS) is 16.4. The van der Waals surface area contributed by atoms with Crippen LogP contribution in [0.15, 0.2) is 48.5 Å². The maximum Gasteiger partial charge on any atom is 0.412 e. The highest BCUT2D eigenvalue weighted by Crippen LogP contribution is 2.38. The summed E-state index contributed by atoms with van der Waals surface area (Å²) in [5.74, 6) is 1.01. The van der Waals surface area contributed by atoms with Crippen molar-refractivity contribution in [2.75, 3.05) is 16.4 Å². The molecule has 132 valence electrons. The number of thioether (sulfide) groups is 1. The fourth-order valence-electron chi connectivity index (χ4n) is 3.06. The SMILES string of the molecule is O=C(O)N(Cc1ccccc1)c1ccc(C2(O)CCSCC2)c(F)c1. The molecule has 25 heavy (non-hydrogen) atoms. The third-order valence-electron chi connectivity index (χ3n) is 4.50. The Balaban J connectivity index is 1.88. The molecule has 1 amide bonds. The van der Waals surface area contributed by atoms with Gasteiger partial charge in [-0.3, -0.25) is 4.90 Å². The molecule has 1 aliphatic rings. The monoisotopic (exact) mass is 361 g/mol. The molecular formula is C19H20FNO3S. The highest BCUT2D eigenvalue weighted by molar-refractivity contribution is 7.99. The van der Waals surface area contributed by atoms with Crippen LogP contribution in [0.5, 0.6) is 0 Å². The van der Waals surface area contributed by atoms with Gasteiger partial charge in [0.1, 0.15) is 5.82 Å². The molecule has 3 rings (SSSR count). The summed E-state index contributed by atoms with van der Waals surface area (Å²) < 4.78 is 14.7. The predicted octanol–water partition coefficient (Wildman–Crippen LogP) is 4.22.